The zero-order valence-corrected chi connectivity index (χ0v) is 20.1. The van der Waals surface area contributed by atoms with E-state index in [0.29, 0.717) is 25.4 Å². The molecule has 2 aliphatic rings. The first-order valence-electron chi connectivity index (χ1n) is 10.4. The lowest BCUT2D eigenvalue weighted by Gasteiger charge is -2.35. The van der Waals surface area contributed by atoms with Crippen molar-refractivity contribution in [2.45, 2.75) is 45.5 Å². The number of benzene rings is 1. The quantitative estimate of drug-likeness (QED) is 0.250. The molecule has 1 saturated heterocycles. The zero-order chi connectivity index (χ0) is 19.8. The highest BCUT2D eigenvalue weighted by atomic mass is 127. The van der Waals surface area contributed by atoms with Crippen LogP contribution in [-0.4, -0.2) is 75.0 Å². The number of fused-ring (bicyclic) bond motifs is 1. The Morgan fingerprint density at radius 2 is 1.86 bits per heavy atom. The van der Waals surface area contributed by atoms with Crippen LogP contribution in [0.5, 0.6) is 11.5 Å². The van der Waals surface area contributed by atoms with Crippen LogP contribution in [0.1, 0.15) is 27.2 Å². The number of nitrogens with one attached hydrogen (secondary N) is 2. The average molecular weight is 518 g/mol. The van der Waals surface area contributed by atoms with Gasteiger partial charge < -0.3 is 24.8 Å². The highest BCUT2D eigenvalue weighted by Gasteiger charge is 2.22. The third-order valence-electron chi connectivity index (χ3n) is 4.80. The number of halogens is 1. The minimum Gasteiger partial charge on any atom is -0.486 e. The molecule has 7 nitrogen and oxygen atoms in total. The fourth-order valence-electron chi connectivity index (χ4n) is 3.66. The first-order valence-corrected chi connectivity index (χ1v) is 10.4. The summed E-state index contributed by atoms with van der Waals surface area (Å²) >= 11 is 0. The van der Waals surface area contributed by atoms with Gasteiger partial charge in [-0.2, -0.15) is 0 Å². The highest BCUT2D eigenvalue weighted by molar-refractivity contribution is 14.0. The molecule has 164 valence electrons. The van der Waals surface area contributed by atoms with Crippen LogP contribution in [0.2, 0.25) is 0 Å². The first-order chi connectivity index (χ1) is 13.6. The molecular weight excluding hydrogens is 483 g/mol. The molecule has 0 spiro atoms. The van der Waals surface area contributed by atoms with Gasteiger partial charge in [0.25, 0.3) is 0 Å². The van der Waals surface area contributed by atoms with Gasteiger partial charge in [-0.25, -0.2) is 4.99 Å². The summed E-state index contributed by atoms with van der Waals surface area (Å²) in [6.45, 7) is 12.3. The summed E-state index contributed by atoms with van der Waals surface area (Å²) in [6.07, 6.45) is 1.64. The second-order valence-corrected chi connectivity index (χ2v) is 7.51. The van der Waals surface area contributed by atoms with Gasteiger partial charge in [0.05, 0.1) is 18.8 Å². The molecule has 0 saturated carbocycles. The van der Waals surface area contributed by atoms with Gasteiger partial charge >= 0.3 is 0 Å². The van der Waals surface area contributed by atoms with E-state index >= 15 is 0 Å². The molecule has 1 aromatic rings. The average Bonchev–Trinajstić information content (AvgIpc) is 2.68. The molecule has 8 heteroatoms. The first kappa shape index (κ1) is 24.0. The summed E-state index contributed by atoms with van der Waals surface area (Å²) in [7, 11) is 0. The number of para-hydroxylation sites is 2. The highest BCUT2D eigenvalue weighted by Crippen LogP contribution is 2.30. The van der Waals surface area contributed by atoms with Gasteiger partial charge in [0.15, 0.2) is 23.6 Å². The molecule has 1 aromatic carbocycles. The molecule has 0 amide bonds. The Balaban J connectivity index is 0.00000300. The largest absolute Gasteiger partial charge is 0.486 e. The second kappa shape index (κ2) is 12.4. The fraction of sp³-hybridized carbons (Fsp3) is 0.667. The topological polar surface area (TPSA) is 67.4 Å². The number of rotatable bonds is 7. The Bertz CT molecular complexity index is 636. The Morgan fingerprint density at radius 1 is 1.14 bits per heavy atom. The molecule has 1 fully saturated rings. The molecule has 2 aliphatic heterocycles. The lowest BCUT2D eigenvalue weighted by atomic mass is 10.2. The third-order valence-corrected chi connectivity index (χ3v) is 4.80. The number of morpholine rings is 1. The number of guanidine groups is 1. The van der Waals surface area contributed by atoms with Gasteiger partial charge in [0, 0.05) is 32.7 Å². The molecule has 2 heterocycles. The monoisotopic (exact) mass is 518 g/mol. The van der Waals surface area contributed by atoms with Crippen LogP contribution in [0.15, 0.2) is 29.3 Å². The normalized spacial score (nSPS) is 24.5. The van der Waals surface area contributed by atoms with Crippen LogP contribution in [-0.2, 0) is 4.74 Å². The maximum absolute atomic E-state index is 5.98. The number of ether oxygens (including phenoxy) is 3. The molecule has 0 radical (unpaired) electrons. The summed E-state index contributed by atoms with van der Waals surface area (Å²) < 4.78 is 17.5. The van der Waals surface area contributed by atoms with Crippen LogP contribution in [0.4, 0.5) is 0 Å². The standard InChI is InChI=1S/C21H34N4O3.HI/c1-4-22-21(23-10-7-11-25-13-16(2)27-17(3)14-25)24-12-18-15-26-19-8-5-6-9-20(19)28-18;/h5-6,8-9,16-18H,4,7,10-15H2,1-3H3,(H2,22,23,24);1H. The molecular formula is C21H35IN4O3. The Kier molecular flexibility index (Phi) is 10.3. The summed E-state index contributed by atoms with van der Waals surface area (Å²) in [4.78, 5) is 7.16. The van der Waals surface area contributed by atoms with E-state index in [4.69, 9.17) is 14.2 Å². The third kappa shape index (κ3) is 7.82. The summed E-state index contributed by atoms with van der Waals surface area (Å²) in [6, 6.07) is 7.76. The van der Waals surface area contributed by atoms with E-state index in [1.807, 2.05) is 24.3 Å². The zero-order valence-electron chi connectivity index (χ0n) is 17.7. The van der Waals surface area contributed by atoms with Crippen molar-refractivity contribution >= 4 is 29.9 Å². The van der Waals surface area contributed by atoms with E-state index in [2.05, 4.69) is 41.3 Å². The van der Waals surface area contributed by atoms with Crippen LogP contribution >= 0.6 is 24.0 Å². The van der Waals surface area contributed by atoms with Gasteiger partial charge in [0.2, 0.25) is 0 Å². The minimum atomic E-state index is -0.0679. The number of hydrogen-bond donors (Lipinski definition) is 2. The van der Waals surface area contributed by atoms with Crippen molar-refractivity contribution in [1.29, 1.82) is 0 Å². The Morgan fingerprint density at radius 3 is 2.59 bits per heavy atom. The summed E-state index contributed by atoms with van der Waals surface area (Å²) in [5, 5.41) is 6.73. The van der Waals surface area contributed by atoms with Crippen LogP contribution in [0.3, 0.4) is 0 Å². The fourth-order valence-corrected chi connectivity index (χ4v) is 3.66. The number of hydrogen-bond acceptors (Lipinski definition) is 5. The van der Waals surface area contributed by atoms with E-state index in [9.17, 15) is 0 Å². The van der Waals surface area contributed by atoms with Crippen molar-refractivity contribution < 1.29 is 14.2 Å². The van der Waals surface area contributed by atoms with E-state index in [1.165, 1.54) is 0 Å². The smallest absolute Gasteiger partial charge is 0.191 e. The van der Waals surface area contributed by atoms with Crippen molar-refractivity contribution in [3.63, 3.8) is 0 Å². The molecule has 29 heavy (non-hydrogen) atoms. The predicted molar refractivity (Wildman–Crippen MR) is 127 cm³/mol. The van der Waals surface area contributed by atoms with Crippen molar-refractivity contribution in [2.75, 3.05) is 45.9 Å². The molecule has 3 atom stereocenters. The number of aliphatic imine (C=N–C) groups is 1. The van der Waals surface area contributed by atoms with Gasteiger partial charge in [0.1, 0.15) is 6.61 Å². The van der Waals surface area contributed by atoms with Gasteiger partial charge in [-0.05, 0) is 39.3 Å². The predicted octanol–water partition coefficient (Wildman–Crippen LogP) is 2.50. The number of nitrogens with zero attached hydrogens (tertiary/aromatic N) is 2. The molecule has 0 bridgehead atoms. The Labute approximate surface area is 191 Å². The van der Waals surface area contributed by atoms with Crippen LogP contribution in [0, 0.1) is 0 Å². The SMILES string of the molecule is CCNC(=NCC1COc2ccccc2O1)NCCCN1CC(C)OC(C)C1.I. The molecule has 0 aliphatic carbocycles. The van der Waals surface area contributed by atoms with E-state index < -0.39 is 0 Å². The van der Waals surface area contributed by atoms with Crippen molar-refractivity contribution in [3.8, 4) is 11.5 Å². The van der Waals surface area contributed by atoms with E-state index in [-0.39, 0.29) is 30.1 Å². The summed E-state index contributed by atoms with van der Waals surface area (Å²) in [5.74, 6) is 2.43. The minimum absolute atomic E-state index is 0. The maximum atomic E-state index is 5.98. The molecule has 0 aromatic heterocycles. The van der Waals surface area contributed by atoms with Gasteiger partial charge in [-0.1, -0.05) is 12.1 Å². The van der Waals surface area contributed by atoms with Crippen molar-refractivity contribution in [1.82, 2.24) is 15.5 Å². The van der Waals surface area contributed by atoms with Gasteiger partial charge in [-0.3, -0.25) is 4.90 Å². The van der Waals surface area contributed by atoms with Crippen molar-refractivity contribution in [3.05, 3.63) is 24.3 Å². The lowest BCUT2D eigenvalue weighted by molar-refractivity contribution is -0.0679. The molecule has 2 N–H and O–H groups in total. The maximum Gasteiger partial charge on any atom is 0.191 e. The molecule has 3 rings (SSSR count). The Hall–Kier alpha value is -1.26. The van der Waals surface area contributed by atoms with Crippen molar-refractivity contribution in [2.24, 2.45) is 4.99 Å². The van der Waals surface area contributed by atoms with E-state index in [0.717, 1.165) is 56.6 Å². The van der Waals surface area contributed by atoms with Crippen LogP contribution in [0.25, 0.3) is 0 Å². The lowest BCUT2D eigenvalue weighted by Crippen LogP contribution is -2.46. The van der Waals surface area contributed by atoms with E-state index in [1.54, 1.807) is 0 Å². The van der Waals surface area contributed by atoms with Crippen LogP contribution < -0.4 is 20.1 Å². The summed E-state index contributed by atoms with van der Waals surface area (Å²) in [5.41, 5.74) is 0. The van der Waals surface area contributed by atoms with Gasteiger partial charge in [-0.15, -0.1) is 24.0 Å². The second-order valence-electron chi connectivity index (χ2n) is 7.51. The molecule has 3 unspecified atom stereocenters.